The molecule has 0 aliphatic heterocycles. The van der Waals surface area contributed by atoms with Crippen LogP contribution < -0.4 is 16.4 Å². The summed E-state index contributed by atoms with van der Waals surface area (Å²) in [5.41, 5.74) is 5.59. The first-order chi connectivity index (χ1) is 15.5. The average molecular weight is 450 g/mol. The predicted octanol–water partition coefficient (Wildman–Crippen LogP) is 6.76. The van der Waals surface area contributed by atoms with Crippen molar-refractivity contribution < 1.29 is 0 Å². The molecule has 0 heterocycles. The molecule has 0 atom stereocenters. The number of rotatable bonds is 16. The maximum absolute atomic E-state index is 5.59. The molecule has 0 amide bonds. The second-order valence-electron chi connectivity index (χ2n) is 12.1. The Bertz CT molecular complexity index is 402. The lowest BCUT2D eigenvalue weighted by Gasteiger charge is -2.33. The first-order valence-electron chi connectivity index (χ1n) is 14.6. The molecule has 2 fully saturated rings. The highest BCUT2D eigenvalue weighted by Crippen LogP contribution is 2.37. The van der Waals surface area contributed by atoms with Gasteiger partial charge in [-0.15, -0.1) is 0 Å². The average Bonchev–Trinajstić information content (AvgIpc) is 2.80. The van der Waals surface area contributed by atoms with E-state index in [2.05, 4.69) is 38.3 Å². The van der Waals surface area contributed by atoms with E-state index in [0.717, 1.165) is 67.6 Å². The molecule has 4 N–H and O–H groups in total. The fourth-order valence-corrected chi connectivity index (χ4v) is 6.38. The van der Waals surface area contributed by atoms with E-state index in [1.54, 1.807) is 0 Å². The van der Waals surface area contributed by atoms with E-state index >= 15 is 0 Å². The van der Waals surface area contributed by atoms with Gasteiger partial charge in [0.1, 0.15) is 0 Å². The Labute approximate surface area is 201 Å². The first kappa shape index (κ1) is 28.1. The van der Waals surface area contributed by atoms with Crippen molar-refractivity contribution in [2.24, 2.45) is 41.2 Å². The third-order valence-electron chi connectivity index (χ3n) is 9.04. The summed E-state index contributed by atoms with van der Waals surface area (Å²) >= 11 is 0. The van der Waals surface area contributed by atoms with Gasteiger partial charge in [0.25, 0.3) is 0 Å². The van der Waals surface area contributed by atoms with Crippen molar-refractivity contribution in [1.29, 1.82) is 0 Å². The van der Waals surface area contributed by atoms with Gasteiger partial charge in [-0.2, -0.15) is 0 Å². The van der Waals surface area contributed by atoms with Crippen LogP contribution in [-0.4, -0.2) is 32.2 Å². The lowest BCUT2D eigenvalue weighted by atomic mass is 9.74. The van der Waals surface area contributed by atoms with E-state index in [0.29, 0.717) is 0 Å². The number of nitrogens with two attached hydrogens (primary N) is 1. The van der Waals surface area contributed by atoms with Crippen LogP contribution in [0, 0.1) is 35.5 Å². The zero-order valence-corrected chi connectivity index (χ0v) is 22.3. The molecule has 2 saturated carbocycles. The molecular weight excluding hydrogens is 390 g/mol. The summed E-state index contributed by atoms with van der Waals surface area (Å²) in [4.78, 5) is 0. The Balaban J connectivity index is 1.69. The molecule has 0 unspecified atom stereocenters. The Morgan fingerprint density at radius 3 is 1.56 bits per heavy atom. The van der Waals surface area contributed by atoms with Crippen LogP contribution in [0.15, 0.2) is 0 Å². The molecule has 3 heteroatoms. The standard InChI is InChI=1S/C29H59N3/c1-23(2)27-13-7-25(8-14-27)11-17-29(32-22-6-21-31-20-5-19-30)18-12-26-9-15-28(16-10-26)24(3)4/h23-29,31-32H,5-22,30H2,1-4H3. The van der Waals surface area contributed by atoms with Crippen molar-refractivity contribution in [3.63, 3.8) is 0 Å². The van der Waals surface area contributed by atoms with Crippen molar-refractivity contribution in [2.45, 2.75) is 124 Å². The van der Waals surface area contributed by atoms with Crippen LogP contribution in [0.1, 0.15) is 118 Å². The maximum Gasteiger partial charge on any atom is 0.00672 e. The number of nitrogens with one attached hydrogen (secondary N) is 2. The Morgan fingerprint density at radius 1 is 0.656 bits per heavy atom. The Kier molecular flexibility index (Phi) is 14.5. The minimum Gasteiger partial charge on any atom is -0.330 e. The van der Waals surface area contributed by atoms with E-state index in [4.69, 9.17) is 5.73 Å². The van der Waals surface area contributed by atoms with Crippen LogP contribution >= 0.6 is 0 Å². The van der Waals surface area contributed by atoms with Gasteiger partial charge in [-0.05, 0) is 126 Å². The summed E-state index contributed by atoms with van der Waals surface area (Å²) in [7, 11) is 0. The van der Waals surface area contributed by atoms with Crippen molar-refractivity contribution in [1.82, 2.24) is 10.6 Å². The molecule has 0 aromatic heterocycles. The Morgan fingerprint density at radius 2 is 1.12 bits per heavy atom. The second-order valence-corrected chi connectivity index (χ2v) is 12.1. The van der Waals surface area contributed by atoms with E-state index in [1.807, 2.05) is 0 Å². The van der Waals surface area contributed by atoms with Gasteiger partial charge in [-0.3, -0.25) is 0 Å². The minimum absolute atomic E-state index is 0.740. The normalized spacial score (nSPS) is 27.8. The van der Waals surface area contributed by atoms with Gasteiger partial charge < -0.3 is 16.4 Å². The van der Waals surface area contributed by atoms with E-state index in [9.17, 15) is 0 Å². The molecule has 2 aliphatic rings. The van der Waals surface area contributed by atoms with Crippen LogP contribution in [0.2, 0.25) is 0 Å². The van der Waals surface area contributed by atoms with Crippen LogP contribution in [-0.2, 0) is 0 Å². The summed E-state index contributed by atoms with van der Waals surface area (Å²) in [6, 6.07) is 0.740. The number of hydrogen-bond donors (Lipinski definition) is 3. The van der Waals surface area contributed by atoms with Gasteiger partial charge >= 0.3 is 0 Å². The van der Waals surface area contributed by atoms with Crippen LogP contribution in [0.4, 0.5) is 0 Å². The summed E-state index contributed by atoms with van der Waals surface area (Å²) in [5, 5.41) is 7.51. The Hall–Kier alpha value is -0.120. The first-order valence-corrected chi connectivity index (χ1v) is 14.6. The fraction of sp³-hybridized carbons (Fsp3) is 1.00. The van der Waals surface area contributed by atoms with Crippen LogP contribution in [0.3, 0.4) is 0 Å². The molecular formula is C29H59N3. The highest BCUT2D eigenvalue weighted by molar-refractivity contribution is 4.79. The number of hydrogen-bond acceptors (Lipinski definition) is 3. The molecule has 0 saturated heterocycles. The zero-order valence-electron chi connectivity index (χ0n) is 22.3. The van der Waals surface area contributed by atoms with Gasteiger partial charge in [0.05, 0.1) is 0 Å². The third-order valence-corrected chi connectivity index (χ3v) is 9.04. The van der Waals surface area contributed by atoms with E-state index in [-0.39, 0.29) is 0 Å². The second kappa shape index (κ2) is 16.5. The minimum atomic E-state index is 0.740. The highest BCUT2D eigenvalue weighted by Gasteiger charge is 2.25. The molecule has 0 aromatic rings. The lowest BCUT2D eigenvalue weighted by Crippen LogP contribution is -2.33. The molecule has 0 bridgehead atoms. The highest BCUT2D eigenvalue weighted by atomic mass is 14.9. The van der Waals surface area contributed by atoms with Crippen LogP contribution in [0.25, 0.3) is 0 Å². The lowest BCUT2D eigenvalue weighted by molar-refractivity contribution is 0.199. The fourth-order valence-electron chi connectivity index (χ4n) is 6.38. The topological polar surface area (TPSA) is 50.1 Å². The maximum atomic E-state index is 5.59. The smallest absolute Gasteiger partial charge is 0.00672 e. The van der Waals surface area contributed by atoms with Gasteiger partial charge in [0.2, 0.25) is 0 Å². The van der Waals surface area contributed by atoms with E-state index < -0.39 is 0 Å². The van der Waals surface area contributed by atoms with Crippen LogP contribution in [0.5, 0.6) is 0 Å². The summed E-state index contributed by atoms with van der Waals surface area (Å²) in [5.74, 6) is 5.74. The van der Waals surface area contributed by atoms with Gasteiger partial charge in [-0.1, -0.05) is 53.4 Å². The molecule has 2 rings (SSSR count). The molecule has 32 heavy (non-hydrogen) atoms. The molecule has 0 radical (unpaired) electrons. The van der Waals surface area contributed by atoms with Crippen molar-refractivity contribution in [2.75, 3.05) is 26.2 Å². The zero-order chi connectivity index (χ0) is 23.2. The molecule has 3 nitrogen and oxygen atoms in total. The van der Waals surface area contributed by atoms with Gasteiger partial charge in [0, 0.05) is 6.04 Å². The molecule has 0 spiro atoms. The van der Waals surface area contributed by atoms with Gasteiger partial charge in [-0.25, -0.2) is 0 Å². The largest absolute Gasteiger partial charge is 0.330 e. The summed E-state index contributed by atoms with van der Waals surface area (Å²) < 4.78 is 0. The van der Waals surface area contributed by atoms with E-state index in [1.165, 1.54) is 90.0 Å². The van der Waals surface area contributed by atoms with Crippen molar-refractivity contribution >= 4 is 0 Å². The summed E-state index contributed by atoms with van der Waals surface area (Å²) in [6.07, 6.45) is 19.9. The molecule has 2 aliphatic carbocycles. The van der Waals surface area contributed by atoms with Gasteiger partial charge in [0.15, 0.2) is 0 Å². The molecule has 0 aromatic carbocycles. The van der Waals surface area contributed by atoms with Crippen molar-refractivity contribution in [3.05, 3.63) is 0 Å². The SMILES string of the molecule is CC(C)C1CCC(CCC(CCC2CCC(C(C)C)CC2)NCCCNCCCN)CC1. The predicted molar refractivity (Wildman–Crippen MR) is 142 cm³/mol. The van der Waals surface area contributed by atoms with Crippen molar-refractivity contribution in [3.8, 4) is 0 Å². The molecule has 190 valence electrons. The third kappa shape index (κ3) is 11.3. The quantitative estimate of drug-likeness (QED) is 0.228. The monoisotopic (exact) mass is 449 g/mol. The summed E-state index contributed by atoms with van der Waals surface area (Å²) in [6.45, 7) is 13.8.